The van der Waals surface area contributed by atoms with Gasteiger partial charge in [-0.15, -0.1) is 0 Å². The first-order chi connectivity index (χ1) is 13.5. The summed E-state index contributed by atoms with van der Waals surface area (Å²) < 4.78 is 15.7. The lowest BCUT2D eigenvalue weighted by Gasteiger charge is -2.37. The van der Waals surface area contributed by atoms with Gasteiger partial charge in [-0.05, 0) is 53.9 Å². The number of methoxy groups -OCH3 is 3. The molecule has 1 aliphatic rings. The smallest absolute Gasteiger partial charge is 0.307 e. The highest BCUT2D eigenvalue weighted by atomic mass is 35.5. The SMILES string of the molecule is COC(=O)C[C@@H]1c2cc(OC)c(OC)cc2CCN1C(=O)c1ccc(Cl)cc1. The summed E-state index contributed by atoms with van der Waals surface area (Å²) in [4.78, 5) is 26.9. The number of nitrogens with zero attached hydrogens (tertiary/aromatic N) is 1. The first-order valence-corrected chi connectivity index (χ1v) is 9.24. The summed E-state index contributed by atoms with van der Waals surface area (Å²) in [7, 11) is 4.47. The number of benzene rings is 2. The van der Waals surface area contributed by atoms with Crippen LogP contribution in [0.4, 0.5) is 0 Å². The molecule has 0 N–H and O–H groups in total. The van der Waals surface area contributed by atoms with E-state index in [4.69, 9.17) is 25.8 Å². The number of halogens is 1. The second-order valence-electron chi connectivity index (χ2n) is 6.46. The molecule has 1 aliphatic heterocycles. The quantitative estimate of drug-likeness (QED) is 0.713. The zero-order valence-electron chi connectivity index (χ0n) is 16.0. The first-order valence-electron chi connectivity index (χ1n) is 8.86. The Kier molecular flexibility index (Phi) is 6.09. The second kappa shape index (κ2) is 8.52. The fourth-order valence-corrected chi connectivity index (χ4v) is 3.62. The molecule has 0 radical (unpaired) electrons. The van der Waals surface area contributed by atoms with E-state index >= 15 is 0 Å². The number of carbonyl (C=O) groups excluding carboxylic acids is 2. The van der Waals surface area contributed by atoms with Gasteiger partial charge in [0.2, 0.25) is 0 Å². The number of fused-ring (bicyclic) bond motifs is 1. The van der Waals surface area contributed by atoms with Gasteiger partial charge in [0, 0.05) is 17.1 Å². The molecule has 2 aromatic carbocycles. The molecular weight excluding hydrogens is 382 g/mol. The maximum absolute atomic E-state index is 13.2. The maximum atomic E-state index is 13.2. The molecule has 0 saturated heterocycles. The van der Waals surface area contributed by atoms with Crippen molar-refractivity contribution in [2.75, 3.05) is 27.9 Å². The maximum Gasteiger partial charge on any atom is 0.307 e. The topological polar surface area (TPSA) is 65.1 Å². The van der Waals surface area contributed by atoms with E-state index in [2.05, 4.69) is 0 Å². The van der Waals surface area contributed by atoms with Crippen LogP contribution < -0.4 is 9.47 Å². The van der Waals surface area contributed by atoms with Gasteiger partial charge in [0.25, 0.3) is 5.91 Å². The molecule has 6 nitrogen and oxygen atoms in total. The summed E-state index contributed by atoms with van der Waals surface area (Å²) in [6.45, 7) is 0.478. The van der Waals surface area contributed by atoms with E-state index in [-0.39, 0.29) is 18.3 Å². The largest absolute Gasteiger partial charge is 0.493 e. The van der Waals surface area contributed by atoms with Crippen LogP contribution in [0.2, 0.25) is 5.02 Å². The molecule has 7 heteroatoms. The van der Waals surface area contributed by atoms with Crippen LogP contribution in [-0.2, 0) is 16.0 Å². The number of rotatable bonds is 5. The van der Waals surface area contributed by atoms with Gasteiger partial charge in [-0.1, -0.05) is 11.6 Å². The molecule has 0 bridgehead atoms. The number of hydrogen-bond donors (Lipinski definition) is 0. The fourth-order valence-electron chi connectivity index (χ4n) is 3.49. The summed E-state index contributed by atoms with van der Waals surface area (Å²) in [5.74, 6) is 0.625. The number of ether oxygens (including phenoxy) is 3. The zero-order valence-corrected chi connectivity index (χ0v) is 16.8. The third-order valence-electron chi connectivity index (χ3n) is 4.94. The van der Waals surface area contributed by atoms with Crippen molar-refractivity contribution in [2.24, 2.45) is 0 Å². The Morgan fingerprint density at radius 1 is 1.07 bits per heavy atom. The van der Waals surface area contributed by atoms with E-state index in [1.165, 1.54) is 7.11 Å². The van der Waals surface area contributed by atoms with Crippen LogP contribution >= 0.6 is 11.6 Å². The van der Waals surface area contributed by atoms with Crippen molar-refractivity contribution in [2.45, 2.75) is 18.9 Å². The highest BCUT2D eigenvalue weighted by Crippen LogP contribution is 2.40. The number of carbonyl (C=O) groups is 2. The molecule has 0 spiro atoms. The van der Waals surface area contributed by atoms with E-state index < -0.39 is 6.04 Å². The number of amides is 1. The van der Waals surface area contributed by atoms with Gasteiger partial charge in [0.1, 0.15) is 0 Å². The van der Waals surface area contributed by atoms with Crippen molar-refractivity contribution >= 4 is 23.5 Å². The van der Waals surface area contributed by atoms with E-state index in [1.54, 1.807) is 43.4 Å². The Hall–Kier alpha value is -2.73. The third kappa shape index (κ3) is 3.92. The van der Waals surface area contributed by atoms with E-state index in [9.17, 15) is 9.59 Å². The monoisotopic (exact) mass is 403 g/mol. The molecule has 0 aliphatic carbocycles. The molecule has 0 saturated carbocycles. The fraction of sp³-hybridized carbons (Fsp3) is 0.333. The van der Waals surface area contributed by atoms with Crippen molar-refractivity contribution in [1.29, 1.82) is 0 Å². The molecule has 148 valence electrons. The first kappa shape index (κ1) is 20.0. The molecular formula is C21H22ClNO5. The molecule has 0 aromatic heterocycles. The number of hydrogen-bond acceptors (Lipinski definition) is 5. The highest BCUT2D eigenvalue weighted by Gasteiger charge is 2.34. The van der Waals surface area contributed by atoms with Crippen LogP contribution in [0.3, 0.4) is 0 Å². The van der Waals surface area contributed by atoms with E-state index in [1.807, 2.05) is 12.1 Å². The predicted octanol–water partition coefficient (Wildman–Crippen LogP) is 3.66. The van der Waals surface area contributed by atoms with Crippen molar-refractivity contribution in [3.8, 4) is 11.5 Å². The third-order valence-corrected chi connectivity index (χ3v) is 5.19. The Balaban J connectivity index is 2.03. The average molecular weight is 404 g/mol. The Morgan fingerprint density at radius 3 is 2.32 bits per heavy atom. The van der Waals surface area contributed by atoms with Crippen LogP contribution in [0.1, 0.15) is 33.9 Å². The summed E-state index contributed by atoms with van der Waals surface area (Å²) in [5.41, 5.74) is 2.39. The molecule has 1 atom stereocenters. The van der Waals surface area contributed by atoms with Gasteiger partial charge < -0.3 is 19.1 Å². The van der Waals surface area contributed by atoms with Crippen LogP contribution in [0.25, 0.3) is 0 Å². The standard InChI is InChI=1S/C21H22ClNO5/c1-26-18-10-14-8-9-23(21(25)13-4-6-15(22)7-5-13)17(12-20(24)28-3)16(14)11-19(18)27-2/h4-7,10-11,17H,8-9,12H2,1-3H3/t17-/m1/s1. The lowest BCUT2D eigenvalue weighted by Crippen LogP contribution is -2.41. The molecule has 1 amide bonds. The van der Waals surface area contributed by atoms with Crippen molar-refractivity contribution in [1.82, 2.24) is 4.90 Å². The molecule has 3 rings (SSSR count). The van der Waals surface area contributed by atoms with Gasteiger partial charge in [0.05, 0.1) is 33.8 Å². The summed E-state index contributed by atoms with van der Waals surface area (Å²) in [5, 5.41) is 0.559. The molecule has 1 heterocycles. The Labute approximate surface area is 168 Å². The van der Waals surface area contributed by atoms with Crippen LogP contribution in [-0.4, -0.2) is 44.7 Å². The van der Waals surface area contributed by atoms with Crippen LogP contribution in [0.5, 0.6) is 11.5 Å². The average Bonchev–Trinajstić information content (AvgIpc) is 2.72. The van der Waals surface area contributed by atoms with Gasteiger partial charge in [-0.3, -0.25) is 9.59 Å². The van der Waals surface area contributed by atoms with E-state index in [0.717, 1.165) is 11.1 Å². The molecule has 0 unspecified atom stereocenters. The molecule has 0 fully saturated rings. The van der Waals surface area contributed by atoms with Gasteiger partial charge in [0.15, 0.2) is 11.5 Å². The summed E-state index contributed by atoms with van der Waals surface area (Å²) in [6.07, 6.45) is 0.699. The van der Waals surface area contributed by atoms with Gasteiger partial charge >= 0.3 is 5.97 Å². The predicted molar refractivity (Wildman–Crippen MR) is 105 cm³/mol. The van der Waals surface area contributed by atoms with Crippen molar-refractivity contribution in [3.05, 3.63) is 58.1 Å². The van der Waals surface area contributed by atoms with E-state index in [0.29, 0.717) is 35.1 Å². The Bertz CT molecular complexity index is 881. The minimum absolute atomic E-state index is 0.0539. The number of esters is 1. The summed E-state index contributed by atoms with van der Waals surface area (Å²) in [6, 6.07) is 10.0. The minimum atomic E-state index is -0.459. The normalized spacial score (nSPS) is 15.6. The zero-order chi connectivity index (χ0) is 20.3. The van der Waals surface area contributed by atoms with Crippen LogP contribution in [0.15, 0.2) is 36.4 Å². The van der Waals surface area contributed by atoms with Gasteiger partial charge in [-0.2, -0.15) is 0 Å². The van der Waals surface area contributed by atoms with Crippen LogP contribution in [0, 0.1) is 0 Å². The molecule has 28 heavy (non-hydrogen) atoms. The molecule has 2 aromatic rings. The Morgan fingerprint density at radius 2 is 1.71 bits per heavy atom. The second-order valence-corrected chi connectivity index (χ2v) is 6.89. The van der Waals surface area contributed by atoms with Gasteiger partial charge in [-0.25, -0.2) is 0 Å². The lowest BCUT2D eigenvalue weighted by molar-refractivity contribution is -0.141. The minimum Gasteiger partial charge on any atom is -0.493 e. The highest BCUT2D eigenvalue weighted by molar-refractivity contribution is 6.30. The van der Waals surface area contributed by atoms with Crippen molar-refractivity contribution in [3.63, 3.8) is 0 Å². The lowest BCUT2D eigenvalue weighted by atomic mass is 9.89. The summed E-state index contributed by atoms with van der Waals surface area (Å²) >= 11 is 5.94. The van der Waals surface area contributed by atoms with Crippen molar-refractivity contribution < 1.29 is 23.8 Å².